The average Bonchev–Trinajstić information content (AvgIpc) is 2.39. The van der Waals surface area contributed by atoms with Gasteiger partial charge in [0.05, 0.1) is 21.6 Å². The number of carboxylic acid groups (broad SMARTS) is 1. The van der Waals surface area contributed by atoms with Crippen molar-refractivity contribution >= 4 is 46.8 Å². The van der Waals surface area contributed by atoms with Gasteiger partial charge < -0.3 is 10.0 Å². The first kappa shape index (κ1) is 18.1. The van der Waals surface area contributed by atoms with Crippen molar-refractivity contribution in [3.05, 3.63) is 33.8 Å². The minimum absolute atomic E-state index is 0.0115. The van der Waals surface area contributed by atoms with Crippen LogP contribution in [0.25, 0.3) is 0 Å². The summed E-state index contributed by atoms with van der Waals surface area (Å²) < 4.78 is 0. The van der Waals surface area contributed by atoms with E-state index >= 15 is 0 Å². The predicted octanol–water partition coefficient (Wildman–Crippen LogP) is 3.55. The molecular formula is C14H17Cl2NO3S. The summed E-state index contributed by atoms with van der Waals surface area (Å²) in [6, 6.07) is 5.26. The van der Waals surface area contributed by atoms with E-state index in [0.29, 0.717) is 16.6 Å². The van der Waals surface area contributed by atoms with Crippen molar-refractivity contribution in [3.63, 3.8) is 0 Å². The molecule has 0 aromatic heterocycles. The number of rotatable bonds is 7. The molecule has 7 heteroatoms. The standard InChI is InChI=1S/C14H17Cl2NO3S/c1-9(2)17(13(18)7-21-8-14(19)20)6-10-3-4-11(15)12(16)5-10/h3-5,9H,6-8H2,1-2H3,(H,19,20). The quantitative estimate of drug-likeness (QED) is 0.817. The largest absolute Gasteiger partial charge is 0.481 e. The second-order valence-corrected chi connectivity index (χ2v) is 6.55. The number of hydrogen-bond acceptors (Lipinski definition) is 3. The van der Waals surface area contributed by atoms with Gasteiger partial charge in [0.1, 0.15) is 0 Å². The van der Waals surface area contributed by atoms with Crippen LogP contribution in [0.4, 0.5) is 0 Å². The van der Waals surface area contributed by atoms with Gasteiger partial charge in [-0.1, -0.05) is 29.3 Å². The van der Waals surface area contributed by atoms with E-state index in [4.69, 9.17) is 28.3 Å². The number of carbonyl (C=O) groups excluding carboxylic acids is 1. The molecule has 1 rings (SSSR count). The zero-order chi connectivity index (χ0) is 16.0. The van der Waals surface area contributed by atoms with Crippen LogP contribution in [-0.4, -0.2) is 39.4 Å². The molecule has 0 saturated heterocycles. The summed E-state index contributed by atoms with van der Waals surface area (Å²) in [6.07, 6.45) is 0. The van der Waals surface area contributed by atoms with E-state index in [1.807, 2.05) is 19.9 Å². The molecule has 1 aromatic rings. The van der Waals surface area contributed by atoms with Crippen molar-refractivity contribution in [1.82, 2.24) is 4.90 Å². The molecule has 0 aliphatic heterocycles. The Morgan fingerprint density at radius 1 is 1.24 bits per heavy atom. The Hall–Kier alpha value is -0.910. The van der Waals surface area contributed by atoms with Crippen molar-refractivity contribution in [3.8, 4) is 0 Å². The Morgan fingerprint density at radius 2 is 1.90 bits per heavy atom. The lowest BCUT2D eigenvalue weighted by molar-refractivity contribution is -0.133. The number of carboxylic acids is 1. The highest BCUT2D eigenvalue weighted by atomic mass is 35.5. The lowest BCUT2D eigenvalue weighted by Gasteiger charge is -2.27. The molecule has 21 heavy (non-hydrogen) atoms. The number of thioether (sulfide) groups is 1. The maximum Gasteiger partial charge on any atom is 0.313 e. The maximum absolute atomic E-state index is 12.2. The summed E-state index contributed by atoms with van der Waals surface area (Å²) in [5.74, 6) is -0.952. The van der Waals surface area contributed by atoms with Crippen LogP contribution < -0.4 is 0 Å². The van der Waals surface area contributed by atoms with Gasteiger partial charge in [-0.15, -0.1) is 11.8 Å². The van der Waals surface area contributed by atoms with Crippen LogP contribution in [-0.2, 0) is 16.1 Å². The zero-order valence-corrected chi connectivity index (χ0v) is 14.1. The van der Waals surface area contributed by atoms with E-state index in [1.54, 1.807) is 17.0 Å². The van der Waals surface area contributed by atoms with Gasteiger partial charge >= 0.3 is 5.97 Å². The van der Waals surface area contributed by atoms with Crippen LogP contribution in [0.2, 0.25) is 10.0 Å². The fraction of sp³-hybridized carbons (Fsp3) is 0.429. The smallest absolute Gasteiger partial charge is 0.313 e. The second kappa shape index (κ2) is 8.51. The fourth-order valence-electron chi connectivity index (χ4n) is 1.70. The number of amides is 1. The fourth-order valence-corrected chi connectivity index (χ4v) is 2.64. The lowest BCUT2D eigenvalue weighted by Crippen LogP contribution is -2.37. The maximum atomic E-state index is 12.2. The monoisotopic (exact) mass is 349 g/mol. The van der Waals surface area contributed by atoms with E-state index in [0.717, 1.165) is 17.3 Å². The summed E-state index contributed by atoms with van der Waals surface area (Å²) in [5.41, 5.74) is 0.884. The molecule has 0 fully saturated rings. The van der Waals surface area contributed by atoms with Gasteiger partial charge in [-0.3, -0.25) is 9.59 Å². The molecule has 0 bridgehead atoms. The molecule has 0 aliphatic rings. The van der Waals surface area contributed by atoms with E-state index in [9.17, 15) is 9.59 Å². The van der Waals surface area contributed by atoms with Gasteiger partial charge in [0.25, 0.3) is 0 Å². The molecular weight excluding hydrogens is 333 g/mol. The topological polar surface area (TPSA) is 57.6 Å². The Bertz CT molecular complexity index is 523. The number of hydrogen-bond donors (Lipinski definition) is 1. The van der Waals surface area contributed by atoms with Gasteiger partial charge in [0, 0.05) is 12.6 Å². The molecule has 0 atom stereocenters. The SMILES string of the molecule is CC(C)N(Cc1ccc(Cl)c(Cl)c1)C(=O)CSCC(=O)O. The second-order valence-electron chi connectivity index (χ2n) is 4.75. The van der Waals surface area contributed by atoms with Gasteiger partial charge in [-0.25, -0.2) is 0 Å². The Balaban J connectivity index is 2.70. The predicted molar refractivity (Wildman–Crippen MR) is 87.1 cm³/mol. The van der Waals surface area contributed by atoms with Crippen LogP contribution in [0.5, 0.6) is 0 Å². The molecule has 0 spiro atoms. The summed E-state index contributed by atoms with van der Waals surface area (Å²) in [4.78, 5) is 24.3. The van der Waals surface area contributed by atoms with Crippen LogP contribution in [0.3, 0.4) is 0 Å². The van der Waals surface area contributed by atoms with Crippen molar-refractivity contribution in [2.24, 2.45) is 0 Å². The first-order chi connectivity index (χ1) is 9.81. The third kappa shape index (κ3) is 6.16. The molecule has 1 aromatic carbocycles. The summed E-state index contributed by atoms with van der Waals surface area (Å²) in [6.45, 7) is 4.25. The van der Waals surface area contributed by atoms with Crippen molar-refractivity contribution in [1.29, 1.82) is 0 Å². The molecule has 4 nitrogen and oxygen atoms in total. The lowest BCUT2D eigenvalue weighted by atomic mass is 10.2. The van der Waals surface area contributed by atoms with Crippen LogP contribution >= 0.6 is 35.0 Å². The third-order valence-electron chi connectivity index (χ3n) is 2.73. The first-order valence-electron chi connectivity index (χ1n) is 6.34. The highest BCUT2D eigenvalue weighted by molar-refractivity contribution is 8.00. The number of benzene rings is 1. The van der Waals surface area contributed by atoms with Crippen LogP contribution in [0.1, 0.15) is 19.4 Å². The molecule has 0 aliphatic carbocycles. The first-order valence-corrected chi connectivity index (χ1v) is 8.25. The number of aliphatic carboxylic acids is 1. The highest BCUT2D eigenvalue weighted by Crippen LogP contribution is 2.23. The van der Waals surface area contributed by atoms with Crippen molar-refractivity contribution in [2.45, 2.75) is 26.4 Å². The number of nitrogens with zero attached hydrogens (tertiary/aromatic N) is 1. The van der Waals surface area contributed by atoms with Gasteiger partial charge in [-0.2, -0.15) is 0 Å². The van der Waals surface area contributed by atoms with Crippen molar-refractivity contribution < 1.29 is 14.7 Å². The molecule has 0 radical (unpaired) electrons. The van der Waals surface area contributed by atoms with E-state index < -0.39 is 5.97 Å². The molecule has 0 heterocycles. The van der Waals surface area contributed by atoms with E-state index in [2.05, 4.69) is 0 Å². The van der Waals surface area contributed by atoms with Crippen molar-refractivity contribution in [2.75, 3.05) is 11.5 Å². The van der Waals surface area contributed by atoms with Crippen LogP contribution in [0, 0.1) is 0 Å². The normalized spacial score (nSPS) is 10.7. The molecule has 1 N–H and O–H groups in total. The zero-order valence-electron chi connectivity index (χ0n) is 11.8. The molecule has 0 unspecified atom stereocenters. The highest BCUT2D eigenvalue weighted by Gasteiger charge is 2.18. The Morgan fingerprint density at radius 3 is 2.43 bits per heavy atom. The summed E-state index contributed by atoms with van der Waals surface area (Å²) in [5, 5.41) is 9.51. The van der Waals surface area contributed by atoms with Crippen LogP contribution in [0.15, 0.2) is 18.2 Å². The number of halogens is 2. The minimum atomic E-state index is -0.923. The van der Waals surface area contributed by atoms with Gasteiger partial charge in [-0.05, 0) is 31.5 Å². The number of carbonyl (C=O) groups is 2. The minimum Gasteiger partial charge on any atom is -0.481 e. The molecule has 1 amide bonds. The summed E-state index contributed by atoms with van der Waals surface area (Å²) in [7, 11) is 0. The van der Waals surface area contributed by atoms with E-state index in [1.165, 1.54) is 0 Å². The third-order valence-corrected chi connectivity index (χ3v) is 4.37. The van der Waals surface area contributed by atoms with Gasteiger partial charge in [0.2, 0.25) is 5.91 Å². The Labute approximate surface area is 138 Å². The Kier molecular flexibility index (Phi) is 7.35. The van der Waals surface area contributed by atoms with Gasteiger partial charge in [0.15, 0.2) is 0 Å². The molecule has 116 valence electrons. The summed E-state index contributed by atoms with van der Waals surface area (Å²) >= 11 is 12.9. The van der Waals surface area contributed by atoms with E-state index in [-0.39, 0.29) is 23.5 Å². The molecule has 0 saturated carbocycles. The average molecular weight is 350 g/mol.